The van der Waals surface area contributed by atoms with E-state index in [0.29, 0.717) is 23.9 Å². The van der Waals surface area contributed by atoms with Gasteiger partial charge in [0.2, 0.25) is 5.91 Å². The summed E-state index contributed by atoms with van der Waals surface area (Å²) in [7, 11) is 2.93. The summed E-state index contributed by atoms with van der Waals surface area (Å²) in [5.74, 6) is -0.217. The fourth-order valence-corrected chi connectivity index (χ4v) is 2.58. The fourth-order valence-electron chi connectivity index (χ4n) is 2.17. The Morgan fingerprint density at radius 1 is 1.19 bits per heavy atom. The molecule has 1 aromatic carbocycles. The largest absolute Gasteiger partial charge is 0.406 e. The van der Waals surface area contributed by atoms with Crippen LogP contribution in [0.2, 0.25) is 0 Å². The molecular formula is C17H26F3IN4OS. The average molecular weight is 518 g/mol. The molecule has 0 aliphatic rings. The lowest BCUT2D eigenvalue weighted by Crippen LogP contribution is -2.41. The van der Waals surface area contributed by atoms with Crippen molar-refractivity contribution in [2.24, 2.45) is 4.99 Å². The van der Waals surface area contributed by atoms with Crippen molar-refractivity contribution in [2.45, 2.75) is 24.5 Å². The third kappa shape index (κ3) is 10.1. The Morgan fingerprint density at radius 3 is 2.26 bits per heavy atom. The smallest absolute Gasteiger partial charge is 0.357 e. The van der Waals surface area contributed by atoms with Crippen LogP contribution in [0.25, 0.3) is 0 Å². The van der Waals surface area contributed by atoms with Gasteiger partial charge in [0.25, 0.3) is 0 Å². The lowest BCUT2D eigenvalue weighted by molar-refractivity contribution is -0.157. The molecule has 0 fully saturated rings. The first-order chi connectivity index (χ1) is 12.2. The molecule has 0 radical (unpaired) electrons. The molecule has 0 saturated heterocycles. The zero-order valence-electron chi connectivity index (χ0n) is 15.8. The maximum absolute atomic E-state index is 12.4. The Morgan fingerprint density at radius 2 is 1.78 bits per heavy atom. The van der Waals surface area contributed by atoms with E-state index in [2.05, 4.69) is 10.3 Å². The number of guanidine groups is 1. The van der Waals surface area contributed by atoms with Gasteiger partial charge in [-0.2, -0.15) is 13.2 Å². The van der Waals surface area contributed by atoms with E-state index in [1.54, 1.807) is 11.8 Å². The van der Waals surface area contributed by atoms with Crippen molar-refractivity contribution in [3.05, 3.63) is 29.8 Å². The molecule has 5 nitrogen and oxygen atoms in total. The Hall–Kier alpha value is -1.17. The molecule has 0 unspecified atom stereocenters. The highest BCUT2D eigenvalue weighted by atomic mass is 127. The number of amides is 1. The van der Waals surface area contributed by atoms with Crippen LogP contribution in [0.5, 0.6) is 0 Å². The molecule has 0 bridgehead atoms. The summed E-state index contributed by atoms with van der Waals surface area (Å²) in [4.78, 5) is 19.6. The lowest BCUT2D eigenvalue weighted by atomic mass is 10.2. The van der Waals surface area contributed by atoms with Crippen molar-refractivity contribution in [2.75, 3.05) is 40.0 Å². The van der Waals surface area contributed by atoms with E-state index in [0.717, 1.165) is 17.5 Å². The number of aliphatic imine (C=N–C) groups is 1. The average Bonchev–Trinajstić information content (AvgIpc) is 2.57. The van der Waals surface area contributed by atoms with E-state index >= 15 is 0 Å². The predicted molar refractivity (Wildman–Crippen MR) is 115 cm³/mol. The predicted octanol–water partition coefficient (Wildman–Crippen LogP) is 3.44. The van der Waals surface area contributed by atoms with Gasteiger partial charge < -0.3 is 15.1 Å². The number of nitrogens with one attached hydrogen (secondary N) is 1. The molecule has 0 aliphatic heterocycles. The minimum atomic E-state index is -4.42. The van der Waals surface area contributed by atoms with Gasteiger partial charge in [-0.05, 0) is 30.9 Å². The van der Waals surface area contributed by atoms with Crippen LogP contribution in [0.1, 0.15) is 12.5 Å². The van der Waals surface area contributed by atoms with E-state index in [9.17, 15) is 18.0 Å². The Labute approximate surface area is 179 Å². The third-order valence-corrected chi connectivity index (χ3v) is 4.23. The van der Waals surface area contributed by atoms with E-state index in [1.165, 1.54) is 0 Å². The van der Waals surface area contributed by atoms with E-state index in [-0.39, 0.29) is 30.5 Å². The summed E-state index contributed by atoms with van der Waals surface area (Å²) in [6.45, 7) is 1.41. The summed E-state index contributed by atoms with van der Waals surface area (Å²) in [5, 5.41) is 3.05. The van der Waals surface area contributed by atoms with E-state index in [4.69, 9.17) is 0 Å². The number of alkyl halides is 3. The third-order valence-electron chi connectivity index (χ3n) is 3.48. The second kappa shape index (κ2) is 12.3. The standard InChI is InChI=1S/C17H25F3N4OS.HI/c1-5-21-16(22-10-15(25)24(3)12-17(18,19)20)23(2)11-13-6-8-14(26-4)9-7-13;/h6-9H,5,10-12H2,1-4H3,(H,21,22);1H. The molecule has 1 aromatic rings. The zero-order valence-corrected chi connectivity index (χ0v) is 19.0. The summed E-state index contributed by atoms with van der Waals surface area (Å²) in [5.41, 5.74) is 1.07. The quantitative estimate of drug-likeness (QED) is 0.260. The van der Waals surface area contributed by atoms with Gasteiger partial charge in [0.15, 0.2) is 5.96 Å². The van der Waals surface area contributed by atoms with Gasteiger partial charge in [-0.15, -0.1) is 35.7 Å². The molecule has 27 heavy (non-hydrogen) atoms. The highest BCUT2D eigenvalue weighted by Gasteiger charge is 2.31. The van der Waals surface area contributed by atoms with Crippen LogP contribution in [0.3, 0.4) is 0 Å². The number of carbonyl (C=O) groups excluding carboxylic acids is 1. The van der Waals surface area contributed by atoms with Gasteiger partial charge in [0.05, 0.1) is 0 Å². The van der Waals surface area contributed by atoms with E-state index < -0.39 is 18.6 Å². The van der Waals surface area contributed by atoms with Crippen LogP contribution in [-0.4, -0.2) is 67.8 Å². The Kier molecular flexibility index (Phi) is 11.8. The molecule has 0 heterocycles. The SMILES string of the molecule is CCNC(=NCC(=O)N(C)CC(F)(F)F)N(C)Cc1ccc(SC)cc1.I. The molecule has 1 rings (SSSR count). The van der Waals surface area contributed by atoms with Crippen LogP contribution in [0.15, 0.2) is 34.2 Å². The van der Waals surface area contributed by atoms with Crippen LogP contribution in [0, 0.1) is 0 Å². The molecule has 0 spiro atoms. The highest BCUT2D eigenvalue weighted by Crippen LogP contribution is 2.16. The van der Waals surface area contributed by atoms with Gasteiger partial charge in [-0.3, -0.25) is 4.79 Å². The number of hydrogen-bond acceptors (Lipinski definition) is 3. The fraction of sp³-hybridized carbons (Fsp3) is 0.529. The summed E-state index contributed by atoms with van der Waals surface area (Å²) >= 11 is 1.66. The number of nitrogens with zero attached hydrogens (tertiary/aromatic N) is 3. The summed E-state index contributed by atoms with van der Waals surface area (Å²) in [6, 6.07) is 8.06. The second-order valence-electron chi connectivity index (χ2n) is 5.74. The number of likely N-dealkylation sites (N-methyl/N-ethyl adjacent to an activating group) is 1. The van der Waals surface area contributed by atoms with Crippen LogP contribution >= 0.6 is 35.7 Å². The highest BCUT2D eigenvalue weighted by molar-refractivity contribution is 14.0. The number of benzene rings is 1. The summed E-state index contributed by atoms with van der Waals surface area (Å²) < 4.78 is 37.1. The first kappa shape index (κ1) is 25.8. The first-order valence-electron chi connectivity index (χ1n) is 8.09. The molecule has 10 heteroatoms. The maximum Gasteiger partial charge on any atom is 0.406 e. The molecule has 1 amide bonds. The molecular weight excluding hydrogens is 492 g/mol. The van der Waals surface area contributed by atoms with Crippen molar-refractivity contribution in [1.82, 2.24) is 15.1 Å². The second-order valence-corrected chi connectivity index (χ2v) is 6.62. The van der Waals surface area contributed by atoms with Crippen molar-refractivity contribution in [3.63, 3.8) is 0 Å². The molecule has 1 N–H and O–H groups in total. The number of carbonyl (C=O) groups is 1. The molecule has 0 aromatic heterocycles. The van der Waals surface area contributed by atoms with Crippen LogP contribution in [-0.2, 0) is 11.3 Å². The monoisotopic (exact) mass is 518 g/mol. The number of rotatable bonds is 7. The number of halogens is 4. The molecule has 0 atom stereocenters. The maximum atomic E-state index is 12.4. The van der Waals surface area contributed by atoms with Crippen molar-refractivity contribution >= 4 is 47.6 Å². The first-order valence-corrected chi connectivity index (χ1v) is 9.31. The normalized spacial score (nSPS) is 11.6. The Balaban J connectivity index is 0.00000676. The minimum Gasteiger partial charge on any atom is -0.357 e. The van der Waals surface area contributed by atoms with Gasteiger partial charge >= 0.3 is 6.18 Å². The Bertz CT molecular complexity index is 611. The van der Waals surface area contributed by atoms with Gasteiger partial charge in [-0.1, -0.05) is 12.1 Å². The number of thioether (sulfide) groups is 1. The minimum absolute atomic E-state index is 0. The molecule has 154 valence electrons. The molecule has 0 aliphatic carbocycles. The van der Waals surface area contributed by atoms with Crippen LogP contribution < -0.4 is 5.32 Å². The summed E-state index contributed by atoms with van der Waals surface area (Å²) in [6.07, 6.45) is -2.41. The van der Waals surface area contributed by atoms with Gasteiger partial charge in [0, 0.05) is 32.1 Å². The molecule has 0 saturated carbocycles. The van der Waals surface area contributed by atoms with Crippen molar-refractivity contribution in [1.29, 1.82) is 0 Å². The van der Waals surface area contributed by atoms with Gasteiger partial charge in [-0.25, -0.2) is 4.99 Å². The van der Waals surface area contributed by atoms with Crippen molar-refractivity contribution < 1.29 is 18.0 Å². The zero-order chi connectivity index (χ0) is 19.7. The van der Waals surface area contributed by atoms with E-state index in [1.807, 2.05) is 49.4 Å². The van der Waals surface area contributed by atoms with Crippen LogP contribution in [0.4, 0.5) is 13.2 Å². The topological polar surface area (TPSA) is 47.9 Å². The number of hydrogen-bond donors (Lipinski definition) is 1. The van der Waals surface area contributed by atoms with Crippen molar-refractivity contribution in [3.8, 4) is 0 Å². The van der Waals surface area contributed by atoms with Gasteiger partial charge in [0.1, 0.15) is 13.1 Å². The lowest BCUT2D eigenvalue weighted by Gasteiger charge is -2.23.